The molecule has 0 bridgehead atoms. The third-order valence-electron chi connectivity index (χ3n) is 2.73. The molecule has 2 rings (SSSR count). The number of ether oxygens (including phenoxy) is 1. The summed E-state index contributed by atoms with van der Waals surface area (Å²) < 4.78 is 9.52. The van der Waals surface area contributed by atoms with Crippen molar-refractivity contribution < 1.29 is 4.74 Å². The summed E-state index contributed by atoms with van der Waals surface area (Å²) in [5.41, 5.74) is 0. The number of rotatable bonds is 6. The molecule has 1 aromatic heterocycles. The van der Waals surface area contributed by atoms with Crippen LogP contribution in [-0.4, -0.2) is 46.4 Å². The average molecular weight is 305 g/mol. The largest absolute Gasteiger partial charge is 0.383 e. The molecule has 2 heterocycles. The Labute approximate surface area is 121 Å². The van der Waals surface area contributed by atoms with Crippen molar-refractivity contribution in [3.8, 4) is 0 Å². The molecule has 0 radical (unpaired) electrons. The van der Waals surface area contributed by atoms with Crippen molar-refractivity contribution in [1.82, 2.24) is 9.36 Å². The van der Waals surface area contributed by atoms with Gasteiger partial charge in [0.25, 0.3) is 0 Å². The highest BCUT2D eigenvalue weighted by atomic mass is 32.2. The summed E-state index contributed by atoms with van der Waals surface area (Å²) in [6.45, 7) is 3.73. The Morgan fingerprint density at radius 3 is 3.00 bits per heavy atom. The van der Waals surface area contributed by atoms with Crippen LogP contribution in [0.15, 0.2) is 0 Å². The van der Waals surface area contributed by atoms with E-state index in [1.165, 1.54) is 29.5 Å². The standard InChI is InChI=1S/C11H19N3OS3/c1-3-8-9(17-7-6-16-8)10-13-11(18-14-10)12-4-5-15-2/h8-9H,3-7H2,1-2H3,(H,12,13,14). The Bertz CT molecular complexity index is 361. The maximum absolute atomic E-state index is 5.01. The monoisotopic (exact) mass is 305 g/mol. The molecule has 0 amide bonds. The van der Waals surface area contributed by atoms with Crippen molar-refractivity contribution >= 4 is 40.2 Å². The van der Waals surface area contributed by atoms with E-state index in [0.717, 1.165) is 17.5 Å². The van der Waals surface area contributed by atoms with Crippen molar-refractivity contribution in [2.75, 3.05) is 37.1 Å². The molecule has 2 unspecified atom stereocenters. The Balaban J connectivity index is 1.95. The molecular weight excluding hydrogens is 286 g/mol. The zero-order valence-electron chi connectivity index (χ0n) is 10.7. The van der Waals surface area contributed by atoms with Crippen LogP contribution in [0.1, 0.15) is 24.4 Å². The molecule has 1 fully saturated rings. The molecule has 18 heavy (non-hydrogen) atoms. The van der Waals surface area contributed by atoms with Crippen LogP contribution >= 0.6 is 35.1 Å². The maximum Gasteiger partial charge on any atom is 0.202 e. The minimum absolute atomic E-state index is 0.461. The Morgan fingerprint density at radius 2 is 2.22 bits per heavy atom. The molecule has 1 aliphatic rings. The number of hydrogen-bond acceptors (Lipinski definition) is 7. The lowest BCUT2D eigenvalue weighted by atomic mass is 10.2. The molecule has 1 saturated heterocycles. The van der Waals surface area contributed by atoms with Crippen LogP contribution in [0.25, 0.3) is 0 Å². The van der Waals surface area contributed by atoms with Gasteiger partial charge in [0.2, 0.25) is 5.13 Å². The van der Waals surface area contributed by atoms with Gasteiger partial charge in [-0.25, -0.2) is 4.98 Å². The summed E-state index contributed by atoms with van der Waals surface area (Å²) in [5.74, 6) is 3.46. The normalized spacial score (nSPS) is 24.1. The highest BCUT2D eigenvalue weighted by Gasteiger charge is 2.29. The van der Waals surface area contributed by atoms with E-state index in [9.17, 15) is 0 Å². The minimum Gasteiger partial charge on any atom is -0.383 e. The van der Waals surface area contributed by atoms with Crippen LogP contribution in [0.2, 0.25) is 0 Å². The second-order valence-corrected chi connectivity index (χ2v) is 7.33. The van der Waals surface area contributed by atoms with Crippen LogP contribution in [0.4, 0.5) is 5.13 Å². The van der Waals surface area contributed by atoms with Gasteiger partial charge in [0.05, 0.1) is 11.9 Å². The molecule has 0 aromatic carbocycles. The minimum atomic E-state index is 0.461. The zero-order valence-corrected chi connectivity index (χ0v) is 13.2. The lowest BCUT2D eigenvalue weighted by Crippen LogP contribution is -2.19. The summed E-state index contributed by atoms with van der Waals surface area (Å²) in [6, 6.07) is 0. The van der Waals surface area contributed by atoms with E-state index in [0.29, 0.717) is 17.1 Å². The fourth-order valence-electron chi connectivity index (χ4n) is 1.82. The number of aromatic nitrogens is 2. The molecule has 1 aromatic rings. The lowest BCUT2D eigenvalue weighted by Gasteiger charge is -2.27. The maximum atomic E-state index is 5.01. The van der Waals surface area contributed by atoms with Gasteiger partial charge >= 0.3 is 0 Å². The average Bonchev–Trinajstić information content (AvgIpc) is 2.88. The summed E-state index contributed by atoms with van der Waals surface area (Å²) in [6.07, 6.45) is 1.19. The zero-order chi connectivity index (χ0) is 12.8. The van der Waals surface area contributed by atoms with Gasteiger partial charge in [0.1, 0.15) is 0 Å². The predicted molar refractivity (Wildman–Crippen MR) is 82.0 cm³/mol. The van der Waals surface area contributed by atoms with Crippen LogP contribution in [0, 0.1) is 0 Å². The number of hydrogen-bond donors (Lipinski definition) is 1. The fourth-order valence-corrected chi connectivity index (χ4v) is 5.52. The van der Waals surface area contributed by atoms with E-state index < -0.39 is 0 Å². The Hall–Kier alpha value is 0.0200. The predicted octanol–water partition coefficient (Wildman–Crippen LogP) is 2.90. The molecular formula is C11H19N3OS3. The molecule has 0 aliphatic carbocycles. The van der Waals surface area contributed by atoms with Crippen LogP contribution < -0.4 is 5.32 Å². The number of anilines is 1. The van der Waals surface area contributed by atoms with E-state index in [1.807, 2.05) is 11.8 Å². The summed E-state index contributed by atoms with van der Waals surface area (Å²) in [5, 5.41) is 5.27. The summed E-state index contributed by atoms with van der Waals surface area (Å²) in [7, 11) is 1.70. The molecule has 102 valence electrons. The van der Waals surface area contributed by atoms with Crippen molar-refractivity contribution in [2.24, 2.45) is 0 Å². The Morgan fingerprint density at radius 1 is 1.39 bits per heavy atom. The van der Waals surface area contributed by atoms with E-state index in [-0.39, 0.29) is 0 Å². The number of methoxy groups -OCH3 is 1. The molecule has 4 nitrogen and oxygen atoms in total. The number of nitrogens with one attached hydrogen (secondary N) is 1. The van der Waals surface area contributed by atoms with E-state index in [1.54, 1.807) is 7.11 Å². The summed E-state index contributed by atoms with van der Waals surface area (Å²) in [4.78, 5) is 4.61. The van der Waals surface area contributed by atoms with Gasteiger partial charge in [-0.05, 0) is 6.42 Å². The van der Waals surface area contributed by atoms with Gasteiger partial charge < -0.3 is 10.1 Å². The third kappa shape index (κ3) is 3.76. The molecule has 2 atom stereocenters. The van der Waals surface area contributed by atoms with E-state index >= 15 is 0 Å². The summed E-state index contributed by atoms with van der Waals surface area (Å²) >= 11 is 5.52. The molecule has 7 heteroatoms. The topological polar surface area (TPSA) is 47.0 Å². The van der Waals surface area contributed by atoms with Gasteiger partial charge in [-0.15, -0.1) is 11.8 Å². The van der Waals surface area contributed by atoms with Gasteiger partial charge in [0, 0.05) is 41.9 Å². The first-order valence-electron chi connectivity index (χ1n) is 6.14. The highest BCUT2D eigenvalue weighted by molar-refractivity contribution is 8.06. The molecule has 0 spiro atoms. The number of nitrogens with zero attached hydrogens (tertiary/aromatic N) is 2. The van der Waals surface area contributed by atoms with Gasteiger partial charge in [-0.1, -0.05) is 6.92 Å². The number of thioether (sulfide) groups is 2. The second-order valence-electron chi connectivity index (χ2n) is 3.99. The first-order chi connectivity index (χ1) is 8.85. The molecule has 0 saturated carbocycles. The first-order valence-corrected chi connectivity index (χ1v) is 9.02. The van der Waals surface area contributed by atoms with Crippen LogP contribution in [0.5, 0.6) is 0 Å². The smallest absolute Gasteiger partial charge is 0.202 e. The highest BCUT2D eigenvalue weighted by Crippen LogP contribution is 2.43. The Kier molecular flexibility index (Phi) is 6.07. The lowest BCUT2D eigenvalue weighted by molar-refractivity contribution is 0.211. The van der Waals surface area contributed by atoms with Gasteiger partial charge in [-0.3, -0.25) is 0 Å². The first kappa shape index (κ1) is 14.4. The van der Waals surface area contributed by atoms with Crippen LogP contribution in [0.3, 0.4) is 0 Å². The molecule has 1 N–H and O–H groups in total. The van der Waals surface area contributed by atoms with Crippen molar-refractivity contribution in [3.05, 3.63) is 5.82 Å². The fraction of sp³-hybridized carbons (Fsp3) is 0.818. The SMILES string of the molecule is CCC1SCCSC1c1nsc(NCCOC)n1. The van der Waals surface area contributed by atoms with Crippen molar-refractivity contribution in [3.63, 3.8) is 0 Å². The van der Waals surface area contributed by atoms with E-state index in [2.05, 4.69) is 33.4 Å². The molecule has 1 aliphatic heterocycles. The third-order valence-corrected chi connectivity index (χ3v) is 6.66. The second kappa shape index (κ2) is 7.57. The van der Waals surface area contributed by atoms with E-state index in [4.69, 9.17) is 4.74 Å². The van der Waals surface area contributed by atoms with Crippen molar-refractivity contribution in [1.29, 1.82) is 0 Å². The van der Waals surface area contributed by atoms with Crippen LogP contribution in [-0.2, 0) is 4.74 Å². The van der Waals surface area contributed by atoms with Gasteiger partial charge in [0.15, 0.2) is 5.82 Å². The van der Waals surface area contributed by atoms with Crippen molar-refractivity contribution in [2.45, 2.75) is 23.8 Å². The van der Waals surface area contributed by atoms with Gasteiger partial charge in [-0.2, -0.15) is 16.1 Å². The quantitative estimate of drug-likeness (QED) is 0.816.